The van der Waals surface area contributed by atoms with Gasteiger partial charge in [-0.3, -0.25) is 4.79 Å². The first-order chi connectivity index (χ1) is 10.5. The maximum absolute atomic E-state index is 12.2. The number of aromatic amines is 1. The number of carbonyl (C=O) groups excluding carboxylic acids is 2. The van der Waals surface area contributed by atoms with Crippen molar-refractivity contribution in [2.45, 2.75) is 39.3 Å². The lowest BCUT2D eigenvalue weighted by atomic mass is 10.0. The highest BCUT2D eigenvalue weighted by Gasteiger charge is 2.23. The van der Waals surface area contributed by atoms with Gasteiger partial charge in [-0.15, -0.1) is 0 Å². The Morgan fingerprint density at radius 1 is 1.38 bits per heavy atom. The summed E-state index contributed by atoms with van der Waals surface area (Å²) in [6.45, 7) is 3.10. The molecule has 0 saturated carbocycles. The van der Waals surface area contributed by atoms with Crippen molar-refractivity contribution >= 4 is 22.8 Å². The maximum Gasteiger partial charge on any atom is 0.329 e. The molecular formula is C16H20N2O3. The fourth-order valence-corrected chi connectivity index (χ4v) is 2.22. The summed E-state index contributed by atoms with van der Waals surface area (Å²) in [4.78, 5) is 26.8. The van der Waals surface area contributed by atoms with E-state index in [1.54, 1.807) is 13.8 Å². The fraction of sp³-hybridized carbons (Fsp3) is 0.375. The van der Waals surface area contributed by atoms with Crippen molar-refractivity contribution in [3.8, 4) is 0 Å². The van der Waals surface area contributed by atoms with Crippen molar-refractivity contribution in [3.05, 3.63) is 36.0 Å². The van der Waals surface area contributed by atoms with Gasteiger partial charge in [-0.2, -0.15) is 0 Å². The molecule has 0 radical (unpaired) electrons. The number of rotatable bonds is 5. The zero-order valence-electron chi connectivity index (χ0n) is 13.2. The van der Waals surface area contributed by atoms with Gasteiger partial charge < -0.3 is 15.0 Å². The Morgan fingerprint density at radius 2 is 2.14 bits per heavy atom. The lowest BCUT2D eigenvalue weighted by Crippen LogP contribution is -2.43. The summed E-state index contributed by atoms with van der Waals surface area (Å²) in [5, 5.41) is 3.56. The summed E-state index contributed by atoms with van der Waals surface area (Å²) >= 11 is 0. The minimum Gasteiger partial charge on any atom is -0.461 e. The molecule has 0 fully saturated rings. The highest BCUT2D eigenvalue weighted by Crippen LogP contribution is 2.19. The molecule has 1 heterocycles. The molecule has 2 N–H and O–H groups in total. The highest BCUT2D eigenvalue weighted by molar-refractivity contribution is 5.86. The van der Waals surface area contributed by atoms with Crippen molar-refractivity contribution in [2.24, 2.45) is 0 Å². The standard InChI is InChI=1S/C16H20N2O3/c1-10(2)21-16(20)15(18-11(3)19)8-12-9-17-14-7-5-4-6-13(12)14/h4-7,9-10,15,17H,8H2,1-3H3,(H,18,19)/t15-/m0/s1/i3D. The van der Waals surface area contributed by atoms with Crippen molar-refractivity contribution in [1.29, 1.82) is 0 Å². The van der Waals surface area contributed by atoms with Gasteiger partial charge in [0.2, 0.25) is 5.91 Å². The molecule has 0 aliphatic heterocycles. The second-order valence-corrected chi connectivity index (χ2v) is 5.17. The van der Waals surface area contributed by atoms with Gasteiger partial charge >= 0.3 is 5.97 Å². The van der Waals surface area contributed by atoms with Gasteiger partial charge in [0.1, 0.15) is 6.04 Å². The van der Waals surface area contributed by atoms with E-state index < -0.39 is 24.8 Å². The van der Waals surface area contributed by atoms with Crippen molar-refractivity contribution in [3.63, 3.8) is 0 Å². The average Bonchev–Trinajstić information content (AvgIpc) is 2.89. The quantitative estimate of drug-likeness (QED) is 0.829. The Labute approximate surface area is 125 Å². The molecule has 21 heavy (non-hydrogen) atoms. The van der Waals surface area contributed by atoms with E-state index in [1.807, 2.05) is 30.5 Å². The monoisotopic (exact) mass is 289 g/mol. The van der Waals surface area contributed by atoms with Crippen molar-refractivity contribution < 1.29 is 15.7 Å². The predicted octanol–water partition coefficient (Wildman–Crippen LogP) is 2.17. The number of ether oxygens (including phenoxy) is 1. The molecule has 1 aromatic heterocycles. The van der Waals surface area contributed by atoms with E-state index in [9.17, 15) is 9.59 Å². The molecule has 0 aliphatic carbocycles. The SMILES string of the molecule is [2H]CC(=O)N[C@@H](Cc1c[nH]c2ccccc12)C(=O)OC(C)C. The Bertz CT molecular complexity index is 666. The Morgan fingerprint density at radius 3 is 2.86 bits per heavy atom. The van der Waals surface area contributed by atoms with Gasteiger partial charge in [0, 0.05) is 31.8 Å². The summed E-state index contributed by atoms with van der Waals surface area (Å²) in [5.74, 6) is -0.979. The third-order valence-electron chi connectivity index (χ3n) is 3.07. The van der Waals surface area contributed by atoms with Crippen LogP contribution >= 0.6 is 0 Å². The molecule has 0 saturated heterocycles. The molecule has 0 spiro atoms. The minimum atomic E-state index is -0.792. The lowest BCUT2D eigenvalue weighted by Gasteiger charge is -2.18. The molecule has 5 nitrogen and oxygen atoms in total. The Hall–Kier alpha value is -2.30. The van der Waals surface area contributed by atoms with E-state index in [4.69, 9.17) is 6.11 Å². The number of benzene rings is 1. The summed E-state index contributed by atoms with van der Waals surface area (Å²) in [6.07, 6.45) is 1.89. The van der Waals surface area contributed by atoms with Crippen LogP contribution in [0, 0.1) is 0 Å². The second kappa shape index (κ2) is 6.43. The van der Waals surface area contributed by atoms with Crippen LogP contribution in [0.25, 0.3) is 10.9 Å². The van der Waals surface area contributed by atoms with Crippen LogP contribution in [0.1, 0.15) is 27.7 Å². The first-order valence-electron chi connectivity index (χ1n) is 7.56. The van der Waals surface area contributed by atoms with Crippen molar-refractivity contribution in [2.75, 3.05) is 0 Å². The van der Waals surface area contributed by atoms with Crippen molar-refractivity contribution in [1.82, 2.24) is 10.3 Å². The van der Waals surface area contributed by atoms with Gasteiger partial charge in [0.05, 0.1) is 6.10 Å². The van der Waals surface area contributed by atoms with Gasteiger partial charge in [0.25, 0.3) is 0 Å². The number of para-hydroxylation sites is 1. The third-order valence-corrected chi connectivity index (χ3v) is 3.07. The fourth-order valence-electron chi connectivity index (χ4n) is 2.22. The molecule has 5 heteroatoms. The predicted molar refractivity (Wildman–Crippen MR) is 80.8 cm³/mol. The summed E-state index contributed by atoms with van der Waals surface area (Å²) in [6, 6.07) is 6.96. The van der Waals surface area contributed by atoms with Gasteiger partial charge in [0.15, 0.2) is 0 Å². The zero-order chi connectivity index (χ0) is 16.1. The van der Waals surface area contributed by atoms with Gasteiger partial charge in [-0.25, -0.2) is 4.79 Å². The van der Waals surface area contributed by atoms with Crippen LogP contribution < -0.4 is 5.32 Å². The third kappa shape index (κ3) is 3.84. The van der Waals surface area contributed by atoms with Crippen LogP contribution in [0.4, 0.5) is 0 Å². The molecule has 1 aromatic carbocycles. The van der Waals surface area contributed by atoms with E-state index >= 15 is 0 Å². The zero-order valence-corrected chi connectivity index (χ0v) is 12.2. The topological polar surface area (TPSA) is 71.2 Å². The molecule has 2 aromatic rings. The number of fused-ring (bicyclic) bond motifs is 1. The maximum atomic E-state index is 12.2. The van der Waals surface area contributed by atoms with E-state index in [2.05, 4.69) is 10.3 Å². The molecule has 0 bridgehead atoms. The average molecular weight is 289 g/mol. The normalized spacial score (nSPS) is 13.0. The number of aromatic nitrogens is 1. The van der Waals surface area contributed by atoms with Crippen LogP contribution in [0.5, 0.6) is 0 Å². The first kappa shape index (κ1) is 13.7. The summed E-state index contributed by atoms with van der Waals surface area (Å²) < 4.78 is 12.3. The smallest absolute Gasteiger partial charge is 0.329 e. The Kier molecular flexibility index (Phi) is 4.19. The molecule has 1 atom stereocenters. The summed E-state index contributed by atoms with van der Waals surface area (Å²) in [5.41, 5.74) is 1.90. The molecule has 1 amide bonds. The Balaban J connectivity index is 2.21. The molecule has 112 valence electrons. The number of amides is 1. The van der Waals surface area contributed by atoms with Gasteiger partial charge in [-0.05, 0) is 25.5 Å². The van der Waals surface area contributed by atoms with E-state index in [1.165, 1.54) is 0 Å². The largest absolute Gasteiger partial charge is 0.461 e. The lowest BCUT2D eigenvalue weighted by molar-refractivity contribution is -0.151. The van der Waals surface area contributed by atoms with Crippen LogP contribution in [-0.4, -0.2) is 29.0 Å². The van der Waals surface area contributed by atoms with Crippen LogP contribution in [-0.2, 0) is 20.7 Å². The van der Waals surface area contributed by atoms with Crippen LogP contribution in [0.2, 0.25) is 0 Å². The van der Waals surface area contributed by atoms with Crippen LogP contribution in [0.3, 0.4) is 0 Å². The second-order valence-electron chi connectivity index (χ2n) is 5.17. The molecule has 0 unspecified atom stereocenters. The summed E-state index contributed by atoms with van der Waals surface area (Å²) in [7, 11) is 0. The molecule has 2 rings (SSSR count). The number of H-pyrrole nitrogens is 1. The number of carbonyl (C=O) groups is 2. The number of hydrogen-bond donors (Lipinski definition) is 2. The van der Waals surface area contributed by atoms with E-state index in [0.29, 0.717) is 6.42 Å². The van der Waals surface area contributed by atoms with Crippen LogP contribution in [0.15, 0.2) is 30.5 Å². The van der Waals surface area contributed by atoms with E-state index in [0.717, 1.165) is 16.5 Å². The van der Waals surface area contributed by atoms with E-state index in [-0.39, 0.29) is 6.10 Å². The molecular weight excluding hydrogens is 268 g/mol. The number of hydrogen-bond acceptors (Lipinski definition) is 3. The highest BCUT2D eigenvalue weighted by atomic mass is 16.5. The minimum absolute atomic E-state index is 0.258. The number of esters is 1. The van der Waals surface area contributed by atoms with Gasteiger partial charge in [-0.1, -0.05) is 18.2 Å². The number of nitrogens with one attached hydrogen (secondary N) is 2. The first-order valence-corrected chi connectivity index (χ1v) is 6.85. The molecule has 0 aliphatic rings.